The Morgan fingerprint density at radius 2 is 1.85 bits per heavy atom. The molecule has 10 nitrogen and oxygen atoms in total. The number of rotatable bonds is 5. The van der Waals surface area contributed by atoms with Crippen molar-refractivity contribution in [2.45, 2.75) is 64.9 Å². The Balaban J connectivity index is 1.73. The molecule has 0 aliphatic carbocycles. The molecule has 2 aromatic heterocycles. The van der Waals surface area contributed by atoms with Gasteiger partial charge in [0.1, 0.15) is 35.3 Å². The summed E-state index contributed by atoms with van der Waals surface area (Å²) in [4.78, 5) is 35.0. The summed E-state index contributed by atoms with van der Waals surface area (Å²) in [7, 11) is 0. The van der Waals surface area contributed by atoms with Crippen molar-refractivity contribution < 1.29 is 28.5 Å². The second-order valence-corrected chi connectivity index (χ2v) is 10.2. The zero-order valence-corrected chi connectivity index (χ0v) is 20.6. The van der Waals surface area contributed by atoms with Gasteiger partial charge in [-0.3, -0.25) is 9.30 Å². The zero-order valence-electron chi connectivity index (χ0n) is 19.8. The number of hydrogen-bond acceptors (Lipinski definition) is 8. The van der Waals surface area contributed by atoms with Crippen molar-refractivity contribution in [1.29, 1.82) is 0 Å². The molecule has 11 heteroatoms. The summed E-state index contributed by atoms with van der Waals surface area (Å²) in [6, 6.07) is -0.449. The van der Waals surface area contributed by atoms with Gasteiger partial charge in [-0.25, -0.2) is 19.6 Å². The maximum Gasteiger partial charge on any atom is 0.410 e. The molecular weight excluding hydrogens is 452 g/mol. The maximum absolute atomic E-state index is 13.0. The van der Waals surface area contributed by atoms with Gasteiger partial charge in [-0.05, 0) is 41.5 Å². The van der Waals surface area contributed by atoms with Crippen LogP contribution in [-0.2, 0) is 23.7 Å². The average Bonchev–Trinajstić information content (AvgIpc) is 3.11. The van der Waals surface area contributed by atoms with E-state index < -0.39 is 35.4 Å². The lowest BCUT2D eigenvalue weighted by Crippen LogP contribution is -2.53. The molecule has 0 saturated carbocycles. The van der Waals surface area contributed by atoms with Gasteiger partial charge in [0.2, 0.25) is 0 Å². The van der Waals surface area contributed by atoms with E-state index in [9.17, 15) is 9.59 Å². The molecule has 0 radical (unpaired) electrons. The molecular formula is C22H31ClN4O6. The number of esters is 1. The minimum absolute atomic E-state index is 0.0866. The number of amides is 1. The highest BCUT2D eigenvalue weighted by Gasteiger charge is 2.37. The van der Waals surface area contributed by atoms with Crippen LogP contribution < -0.4 is 0 Å². The van der Waals surface area contributed by atoms with E-state index in [0.717, 1.165) is 0 Å². The fraction of sp³-hybridized carbons (Fsp3) is 0.636. The van der Waals surface area contributed by atoms with Crippen LogP contribution >= 0.6 is 11.6 Å². The van der Waals surface area contributed by atoms with Gasteiger partial charge >= 0.3 is 12.1 Å². The van der Waals surface area contributed by atoms with E-state index in [1.165, 1.54) is 0 Å². The number of morpholine rings is 1. The van der Waals surface area contributed by atoms with Crippen molar-refractivity contribution >= 4 is 29.2 Å². The second-order valence-electron chi connectivity index (χ2n) is 9.80. The lowest BCUT2D eigenvalue weighted by molar-refractivity contribution is -0.161. The highest BCUT2D eigenvalue weighted by atomic mass is 35.5. The van der Waals surface area contributed by atoms with Gasteiger partial charge in [0.05, 0.1) is 32.0 Å². The van der Waals surface area contributed by atoms with E-state index >= 15 is 0 Å². The van der Waals surface area contributed by atoms with Crippen LogP contribution in [0.2, 0.25) is 5.15 Å². The molecule has 1 aliphatic rings. The Bertz CT molecular complexity index is 997. The van der Waals surface area contributed by atoms with Crippen molar-refractivity contribution in [3.63, 3.8) is 0 Å². The summed E-state index contributed by atoms with van der Waals surface area (Å²) >= 11 is 6.16. The third-order valence-corrected chi connectivity index (χ3v) is 4.89. The summed E-state index contributed by atoms with van der Waals surface area (Å²) in [5, 5.41) is 0.324. The molecule has 2 atom stereocenters. The van der Waals surface area contributed by atoms with Crippen molar-refractivity contribution in [2.24, 2.45) is 0 Å². The summed E-state index contributed by atoms with van der Waals surface area (Å²) in [6.07, 6.45) is 3.91. The van der Waals surface area contributed by atoms with E-state index in [0.29, 0.717) is 16.5 Å². The zero-order chi connectivity index (χ0) is 24.4. The summed E-state index contributed by atoms with van der Waals surface area (Å²) in [6.45, 7) is 11.0. The van der Waals surface area contributed by atoms with Crippen LogP contribution in [0.5, 0.6) is 0 Å². The number of ether oxygens (including phenoxy) is 4. The SMILES string of the molecule is CC(C)(C)OC(=O)COCC1COC(c2ncc3c(Cl)nccn23)CN1C(=O)OC(C)(C)C. The average molecular weight is 483 g/mol. The van der Waals surface area contributed by atoms with E-state index in [1.807, 2.05) is 0 Å². The van der Waals surface area contributed by atoms with Gasteiger partial charge < -0.3 is 18.9 Å². The predicted octanol–water partition coefficient (Wildman–Crippen LogP) is 3.42. The molecule has 182 valence electrons. The standard InChI is InChI=1S/C22H31ClN4O6/c1-21(2,3)32-17(28)13-30-11-14-12-31-16(10-27(14)20(29)33-22(4,5)6)19-25-9-15-18(23)24-7-8-26(15)19/h7-9,14,16H,10-13H2,1-6H3. The molecule has 1 amide bonds. The van der Waals surface area contributed by atoms with Crippen LogP contribution in [0, 0.1) is 0 Å². The molecule has 0 spiro atoms. The first kappa shape index (κ1) is 25.2. The largest absolute Gasteiger partial charge is 0.458 e. The maximum atomic E-state index is 13.0. The number of imidazole rings is 1. The normalized spacial score (nSPS) is 19.5. The van der Waals surface area contributed by atoms with Gasteiger partial charge in [-0.15, -0.1) is 0 Å². The number of carbonyl (C=O) groups is 2. The molecule has 0 aromatic carbocycles. The summed E-state index contributed by atoms with van der Waals surface area (Å²) in [5.41, 5.74) is -0.633. The highest BCUT2D eigenvalue weighted by Crippen LogP contribution is 2.28. The fourth-order valence-corrected chi connectivity index (χ4v) is 3.54. The van der Waals surface area contributed by atoms with Crippen LogP contribution in [0.15, 0.2) is 18.6 Å². The third kappa shape index (κ3) is 6.78. The summed E-state index contributed by atoms with van der Waals surface area (Å²) < 4.78 is 24.2. The number of fused-ring (bicyclic) bond motifs is 1. The Morgan fingerprint density at radius 3 is 2.52 bits per heavy atom. The van der Waals surface area contributed by atoms with E-state index in [1.54, 1.807) is 69.4 Å². The first-order valence-corrected chi connectivity index (χ1v) is 11.1. The number of nitrogens with zero attached hydrogens (tertiary/aromatic N) is 4. The Labute approximate surface area is 198 Å². The van der Waals surface area contributed by atoms with E-state index in [2.05, 4.69) is 9.97 Å². The molecule has 1 aliphatic heterocycles. The minimum atomic E-state index is -0.675. The van der Waals surface area contributed by atoms with Gasteiger partial charge in [0.25, 0.3) is 0 Å². The minimum Gasteiger partial charge on any atom is -0.458 e. The number of hydrogen-bond donors (Lipinski definition) is 0. The molecule has 1 saturated heterocycles. The first-order valence-electron chi connectivity index (χ1n) is 10.7. The molecule has 2 aromatic rings. The van der Waals surface area contributed by atoms with E-state index in [-0.39, 0.29) is 26.4 Å². The highest BCUT2D eigenvalue weighted by molar-refractivity contribution is 6.32. The molecule has 1 fully saturated rings. The van der Waals surface area contributed by atoms with Crippen molar-refractivity contribution in [3.05, 3.63) is 29.6 Å². The molecule has 33 heavy (non-hydrogen) atoms. The Kier molecular flexibility index (Phi) is 7.50. The van der Waals surface area contributed by atoms with Crippen molar-refractivity contribution in [1.82, 2.24) is 19.3 Å². The lowest BCUT2D eigenvalue weighted by Gasteiger charge is -2.39. The smallest absolute Gasteiger partial charge is 0.410 e. The monoisotopic (exact) mass is 482 g/mol. The predicted molar refractivity (Wildman–Crippen MR) is 120 cm³/mol. The number of halogens is 1. The van der Waals surface area contributed by atoms with E-state index in [4.69, 9.17) is 30.5 Å². The number of aromatic nitrogens is 3. The quantitative estimate of drug-likeness (QED) is 0.597. The van der Waals surface area contributed by atoms with Gasteiger partial charge in [-0.2, -0.15) is 0 Å². The van der Waals surface area contributed by atoms with Gasteiger partial charge in [-0.1, -0.05) is 11.6 Å². The third-order valence-electron chi connectivity index (χ3n) is 4.60. The lowest BCUT2D eigenvalue weighted by atomic mass is 10.1. The van der Waals surface area contributed by atoms with Gasteiger partial charge in [0, 0.05) is 12.4 Å². The van der Waals surface area contributed by atoms with Crippen LogP contribution in [0.1, 0.15) is 53.5 Å². The molecule has 0 N–H and O–H groups in total. The molecule has 3 rings (SSSR count). The molecule has 2 unspecified atom stereocenters. The topological polar surface area (TPSA) is 104 Å². The second kappa shape index (κ2) is 9.82. The fourth-order valence-electron chi connectivity index (χ4n) is 3.34. The van der Waals surface area contributed by atoms with Crippen LogP contribution in [0.25, 0.3) is 5.52 Å². The van der Waals surface area contributed by atoms with Crippen LogP contribution in [0.4, 0.5) is 4.79 Å². The first-order chi connectivity index (χ1) is 15.3. The Hall–Kier alpha value is -2.43. The van der Waals surface area contributed by atoms with Crippen LogP contribution in [-0.4, -0.2) is 74.9 Å². The summed E-state index contributed by atoms with van der Waals surface area (Å²) in [5.74, 6) is 0.117. The van der Waals surface area contributed by atoms with Crippen LogP contribution in [0.3, 0.4) is 0 Å². The van der Waals surface area contributed by atoms with Crippen molar-refractivity contribution in [2.75, 3.05) is 26.4 Å². The van der Waals surface area contributed by atoms with Gasteiger partial charge in [0.15, 0.2) is 5.15 Å². The number of carbonyl (C=O) groups excluding carboxylic acids is 2. The van der Waals surface area contributed by atoms with Crippen molar-refractivity contribution in [3.8, 4) is 0 Å². The molecule has 0 bridgehead atoms. The molecule has 3 heterocycles. The Morgan fingerprint density at radius 1 is 1.15 bits per heavy atom.